The van der Waals surface area contributed by atoms with Crippen molar-refractivity contribution in [2.45, 2.75) is 25.4 Å². The number of nitrogens with zero attached hydrogens (tertiary/aromatic N) is 4. The summed E-state index contributed by atoms with van der Waals surface area (Å²) in [6, 6.07) is 7.73. The number of hydrogen-bond donors (Lipinski definition) is 4. The zero-order valence-corrected chi connectivity index (χ0v) is 16.9. The Balaban J connectivity index is 1.58. The quantitative estimate of drug-likeness (QED) is 0.381. The van der Waals surface area contributed by atoms with Gasteiger partial charge < -0.3 is 15.5 Å². The van der Waals surface area contributed by atoms with Crippen LogP contribution in [0.4, 0.5) is 10.2 Å². The minimum atomic E-state index is -0.391. The molecule has 1 fully saturated rings. The van der Waals surface area contributed by atoms with Crippen LogP contribution in [0.3, 0.4) is 0 Å². The van der Waals surface area contributed by atoms with E-state index in [1.54, 1.807) is 28.9 Å². The molecule has 4 aromatic rings. The van der Waals surface area contributed by atoms with E-state index < -0.39 is 5.82 Å². The van der Waals surface area contributed by atoms with Gasteiger partial charge in [-0.2, -0.15) is 9.61 Å². The maximum atomic E-state index is 13.3. The summed E-state index contributed by atoms with van der Waals surface area (Å²) in [6.45, 7) is 0.352. The average molecular weight is 441 g/mol. The molecule has 5 rings (SSSR count). The number of aromatic hydroxyl groups is 2. The van der Waals surface area contributed by atoms with E-state index in [0.717, 1.165) is 18.4 Å². The first-order chi connectivity index (χ1) is 15.0. The van der Waals surface area contributed by atoms with Crippen LogP contribution >= 0.6 is 11.6 Å². The minimum Gasteiger partial charge on any atom is -0.494 e. The van der Waals surface area contributed by atoms with Gasteiger partial charge in [0.2, 0.25) is 0 Å². The third kappa shape index (κ3) is 4.04. The Bertz CT molecular complexity index is 1410. The first-order valence-corrected chi connectivity index (χ1v) is 10.1. The molecule has 3 heterocycles. The maximum absolute atomic E-state index is 13.3. The van der Waals surface area contributed by atoms with Crippen molar-refractivity contribution in [1.29, 1.82) is 0 Å². The number of H-pyrrole nitrogens is 1. The normalized spacial score (nSPS) is 15.2. The molecule has 3 aromatic heterocycles. The second kappa shape index (κ2) is 7.59. The van der Waals surface area contributed by atoms with Crippen molar-refractivity contribution in [2.24, 2.45) is 4.99 Å². The molecule has 0 spiro atoms. The highest BCUT2D eigenvalue weighted by Gasteiger charge is 2.20. The van der Waals surface area contributed by atoms with Crippen LogP contribution in [0.2, 0.25) is 5.02 Å². The monoisotopic (exact) mass is 440 g/mol. The molecule has 0 bridgehead atoms. The van der Waals surface area contributed by atoms with Crippen molar-refractivity contribution in [3.63, 3.8) is 0 Å². The van der Waals surface area contributed by atoms with Crippen molar-refractivity contribution in [1.82, 2.24) is 19.6 Å². The molecule has 0 atom stereocenters. The van der Waals surface area contributed by atoms with E-state index in [-0.39, 0.29) is 17.8 Å². The summed E-state index contributed by atoms with van der Waals surface area (Å²) in [5.41, 5.74) is 2.33. The number of benzene rings is 1. The van der Waals surface area contributed by atoms with Gasteiger partial charge >= 0.3 is 0 Å². The topological polar surface area (TPSA) is 111 Å². The Kier molecular flexibility index (Phi) is 4.74. The van der Waals surface area contributed by atoms with Gasteiger partial charge in [-0.25, -0.2) is 9.37 Å². The summed E-state index contributed by atoms with van der Waals surface area (Å²) >= 11 is 6.13. The predicted molar refractivity (Wildman–Crippen MR) is 113 cm³/mol. The van der Waals surface area contributed by atoms with Gasteiger partial charge in [-0.05, 0) is 36.6 Å². The van der Waals surface area contributed by atoms with Crippen LogP contribution in [-0.2, 0) is 6.54 Å². The van der Waals surface area contributed by atoms with E-state index in [1.807, 2.05) is 0 Å². The fourth-order valence-corrected chi connectivity index (χ4v) is 3.45. The van der Waals surface area contributed by atoms with Gasteiger partial charge in [-0.3, -0.25) is 9.98 Å². The highest BCUT2D eigenvalue weighted by atomic mass is 35.5. The van der Waals surface area contributed by atoms with Crippen LogP contribution in [0.25, 0.3) is 11.7 Å². The Morgan fingerprint density at radius 2 is 2.13 bits per heavy atom. The van der Waals surface area contributed by atoms with Crippen LogP contribution < -0.4 is 16.0 Å². The fraction of sp³-hybridized carbons (Fsp3) is 0.190. The number of aromatic nitrogens is 4. The highest BCUT2D eigenvalue weighted by Crippen LogP contribution is 2.23. The van der Waals surface area contributed by atoms with Crippen LogP contribution in [0.15, 0.2) is 41.5 Å². The lowest BCUT2D eigenvalue weighted by atomic mass is 10.2. The third-order valence-electron chi connectivity index (χ3n) is 4.94. The van der Waals surface area contributed by atoms with E-state index in [4.69, 9.17) is 16.6 Å². The largest absolute Gasteiger partial charge is 0.494 e. The molecule has 1 saturated carbocycles. The van der Waals surface area contributed by atoms with Crippen molar-refractivity contribution in [2.75, 3.05) is 5.32 Å². The fourth-order valence-electron chi connectivity index (χ4n) is 3.21. The lowest BCUT2D eigenvalue weighted by Gasteiger charge is -2.08. The first kappa shape index (κ1) is 19.4. The van der Waals surface area contributed by atoms with Crippen molar-refractivity contribution in [3.8, 4) is 11.8 Å². The summed E-state index contributed by atoms with van der Waals surface area (Å²) in [7, 11) is 0. The molecular weight excluding hydrogens is 423 g/mol. The SMILES string of the molecule is Oc1cc(C=c2cnn3c(=NC4CC4)cc(NCc4ccc(F)cc4Cl)nc23)c(O)[nH]1. The summed E-state index contributed by atoms with van der Waals surface area (Å²) in [6.07, 6.45) is 5.36. The van der Waals surface area contributed by atoms with Crippen LogP contribution in [0, 0.1) is 5.82 Å². The number of anilines is 1. The Labute approximate surface area is 180 Å². The van der Waals surface area contributed by atoms with E-state index in [2.05, 4.69) is 20.4 Å². The Morgan fingerprint density at radius 1 is 1.29 bits per heavy atom. The lowest BCUT2D eigenvalue weighted by Crippen LogP contribution is -2.20. The minimum absolute atomic E-state index is 0.142. The molecule has 1 aromatic carbocycles. The molecule has 0 radical (unpaired) electrons. The molecule has 0 aliphatic heterocycles. The number of aromatic amines is 1. The van der Waals surface area contributed by atoms with Gasteiger partial charge in [0.25, 0.3) is 0 Å². The van der Waals surface area contributed by atoms with Crippen LogP contribution in [0.1, 0.15) is 24.0 Å². The molecule has 0 amide bonds. The van der Waals surface area contributed by atoms with Gasteiger partial charge in [-0.1, -0.05) is 17.7 Å². The number of halogens is 2. The van der Waals surface area contributed by atoms with Gasteiger partial charge in [0.1, 0.15) is 11.6 Å². The van der Waals surface area contributed by atoms with E-state index in [9.17, 15) is 14.6 Å². The van der Waals surface area contributed by atoms with Crippen molar-refractivity contribution >= 4 is 29.1 Å². The van der Waals surface area contributed by atoms with Gasteiger partial charge in [0, 0.05) is 34.5 Å². The Morgan fingerprint density at radius 3 is 2.84 bits per heavy atom. The summed E-state index contributed by atoms with van der Waals surface area (Å²) in [4.78, 5) is 11.8. The maximum Gasteiger partial charge on any atom is 0.198 e. The molecule has 10 heteroatoms. The number of fused-ring (bicyclic) bond motifs is 1. The molecule has 1 aliphatic rings. The van der Waals surface area contributed by atoms with Crippen molar-refractivity contribution < 1.29 is 14.6 Å². The summed E-state index contributed by atoms with van der Waals surface area (Å²) in [5.74, 6) is -0.128. The molecular formula is C21H18ClFN6O2. The third-order valence-corrected chi connectivity index (χ3v) is 5.29. The molecule has 31 heavy (non-hydrogen) atoms. The lowest BCUT2D eigenvalue weighted by molar-refractivity contribution is 0.425. The highest BCUT2D eigenvalue weighted by molar-refractivity contribution is 6.31. The number of rotatable bonds is 5. The second-order valence-corrected chi connectivity index (χ2v) is 7.79. The first-order valence-electron chi connectivity index (χ1n) is 9.69. The molecule has 0 saturated heterocycles. The van der Waals surface area contributed by atoms with E-state index in [0.29, 0.717) is 39.3 Å². The zero-order valence-electron chi connectivity index (χ0n) is 16.2. The van der Waals surface area contributed by atoms with Crippen molar-refractivity contribution in [3.05, 3.63) is 69.2 Å². The Hall–Kier alpha value is -3.59. The molecule has 1 aliphatic carbocycles. The smallest absolute Gasteiger partial charge is 0.198 e. The van der Waals surface area contributed by atoms with Gasteiger partial charge in [0.05, 0.1) is 12.2 Å². The molecule has 158 valence electrons. The number of nitrogens with one attached hydrogen (secondary N) is 2. The second-order valence-electron chi connectivity index (χ2n) is 7.39. The molecule has 4 N–H and O–H groups in total. The van der Waals surface area contributed by atoms with E-state index in [1.165, 1.54) is 18.2 Å². The van der Waals surface area contributed by atoms with Crippen LogP contribution in [-0.4, -0.2) is 35.8 Å². The predicted octanol–water partition coefficient (Wildman–Crippen LogP) is 2.48. The molecule has 0 unspecified atom stereocenters. The van der Waals surface area contributed by atoms with E-state index >= 15 is 0 Å². The zero-order chi connectivity index (χ0) is 21.5. The van der Waals surface area contributed by atoms with Crippen LogP contribution in [0.5, 0.6) is 11.8 Å². The van der Waals surface area contributed by atoms with Gasteiger partial charge in [0.15, 0.2) is 22.9 Å². The standard InChI is InChI=1S/C21H18ClFN6O2/c22-16-7-14(23)2-1-11(16)9-24-17-8-18(26-15-3-4-15)29-20(27-17)13(10-25-29)5-12-6-19(30)28-21(12)31/h1-2,5-8,10,15,24,28,30-31H,3-4,9H2. The average Bonchev–Trinajstić information content (AvgIpc) is 3.36. The summed E-state index contributed by atoms with van der Waals surface area (Å²) < 4.78 is 14.9. The molecule has 8 nitrogen and oxygen atoms in total. The van der Waals surface area contributed by atoms with Gasteiger partial charge in [-0.15, -0.1) is 0 Å². The number of hydrogen-bond acceptors (Lipinski definition) is 6. The summed E-state index contributed by atoms with van der Waals surface area (Å²) in [5, 5.41) is 28.1.